The number of carbonyl (C=O) groups is 2. The fraction of sp³-hybridized carbons (Fsp3) is 0.545. The second-order valence-corrected chi connectivity index (χ2v) is 4.42. The molecule has 0 saturated heterocycles. The van der Waals surface area contributed by atoms with Crippen molar-refractivity contribution in [2.24, 2.45) is 13.0 Å². The van der Waals surface area contributed by atoms with Gasteiger partial charge in [0.2, 0.25) is 0 Å². The minimum absolute atomic E-state index is 0.0381. The van der Waals surface area contributed by atoms with Crippen LogP contribution < -0.4 is 5.32 Å². The van der Waals surface area contributed by atoms with E-state index in [1.165, 1.54) is 6.20 Å². The first-order chi connectivity index (χ1) is 8.06. The summed E-state index contributed by atoms with van der Waals surface area (Å²) in [4.78, 5) is 22.6. The number of aliphatic carboxylic acids is 1. The zero-order valence-corrected chi connectivity index (χ0v) is 9.59. The normalized spacial score (nSPS) is 23.6. The van der Waals surface area contributed by atoms with E-state index in [1.807, 2.05) is 0 Å². The molecule has 0 aromatic carbocycles. The average molecular weight is 237 g/mol. The van der Waals surface area contributed by atoms with E-state index in [-0.39, 0.29) is 17.9 Å². The number of nitrogens with zero attached hydrogens (tertiary/aromatic N) is 2. The molecule has 1 aliphatic carbocycles. The monoisotopic (exact) mass is 237 g/mol. The van der Waals surface area contributed by atoms with Gasteiger partial charge in [-0.25, -0.2) is 0 Å². The van der Waals surface area contributed by atoms with Gasteiger partial charge < -0.3 is 10.4 Å². The molecule has 1 heterocycles. The van der Waals surface area contributed by atoms with Crippen molar-refractivity contribution in [3.63, 3.8) is 0 Å². The fourth-order valence-corrected chi connectivity index (χ4v) is 2.14. The lowest BCUT2D eigenvalue weighted by molar-refractivity contribution is -0.141. The molecule has 92 valence electrons. The van der Waals surface area contributed by atoms with Crippen LogP contribution >= 0.6 is 0 Å². The standard InChI is InChI=1S/C11H15N3O3/c1-14-6-8(5-12-14)10(15)13-9-3-2-7(4-9)11(16)17/h5-7,9H,2-4H2,1H3,(H,13,15)(H,16,17)/t7-,9+/m0/s1. The van der Waals surface area contributed by atoms with Gasteiger partial charge in [0.15, 0.2) is 0 Å². The smallest absolute Gasteiger partial charge is 0.306 e. The Kier molecular flexibility index (Phi) is 3.12. The fourth-order valence-electron chi connectivity index (χ4n) is 2.14. The van der Waals surface area contributed by atoms with Crippen LogP contribution in [-0.4, -0.2) is 32.8 Å². The first-order valence-electron chi connectivity index (χ1n) is 5.58. The molecule has 2 atom stereocenters. The molecule has 1 fully saturated rings. The van der Waals surface area contributed by atoms with Crippen molar-refractivity contribution in [2.75, 3.05) is 0 Å². The van der Waals surface area contributed by atoms with Crippen LogP contribution in [0.4, 0.5) is 0 Å². The van der Waals surface area contributed by atoms with Crippen LogP contribution in [0.3, 0.4) is 0 Å². The number of amides is 1. The molecule has 6 heteroatoms. The van der Waals surface area contributed by atoms with Crippen molar-refractivity contribution in [1.29, 1.82) is 0 Å². The van der Waals surface area contributed by atoms with Gasteiger partial charge >= 0.3 is 5.97 Å². The lowest BCUT2D eigenvalue weighted by Gasteiger charge is -2.11. The van der Waals surface area contributed by atoms with E-state index in [0.29, 0.717) is 18.4 Å². The van der Waals surface area contributed by atoms with Crippen molar-refractivity contribution < 1.29 is 14.7 Å². The van der Waals surface area contributed by atoms with E-state index in [1.54, 1.807) is 17.9 Å². The molecule has 0 aliphatic heterocycles. The van der Waals surface area contributed by atoms with E-state index < -0.39 is 5.97 Å². The third-order valence-electron chi connectivity index (χ3n) is 3.08. The molecule has 0 spiro atoms. The second-order valence-electron chi connectivity index (χ2n) is 4.42. The number of aromatic nitrogens is 2. The summed E-state index contributed by atoms with van der Waals surface area (Å²) >= 11 is 0. The summed E-state index contributed by atoms with van der Waals surface area (Å²) in [6.07, 6.45) is 5.01. The van der Waals surface area contributed by atoms with Crippen LogP contribution in [0.25, 0.3) is 0 Å². The van der Waals surface area contributed by atoms with Crippen LogP contribution in [0.5, 0.6) is 0 Å². The van der Waals surface area contributed by atoms with Crippen molar-refractivity contribution in [1.82, 2.24) is 15.1 Å². The van der Waals surface area contributed by atoms with Gasteiger partial charge in [-0.2, -0.15) is 5.10 Å². The molecule has 17 heavy (non-hydrogen) atoms. The van der Waals surface area contributed by atoms with Crippen molar-refractivity contribution in [3.05, 3.63) is 18.0 Å². The van der Waals surface area contributed by atoms with Crippen molar-refractivity contribution >= 4 is 11.9 Å². The Morgan fingerprint density at radius 3 is 2.82 bits per heavy atom. The highest BCUT2D eigenvalue weighted by molar-refractivity contribution is 5.93. The Labute approximate surface area is 98.6 Å². The van der Waals surface area contributed by atoms with Crippen LogP contribution in [0.1, 0.15) is 29.6 Å². The molecular weight excluding hydrogens is 222 g/mol. The molecule has 1 aromatic heterocycles. The number of carboxylic acid groups (broad SMARTS) is 1. The highest BCUT2D eigenvalue weighted by atomic mass is 16.4. The maximum absolute atomic E-state index is 11.8. The number of carbonyl (C=O) groups excluding carboxylic acids is 1. The second kappa shape index (κ2) is 4.57. The molecule has 1 aromatic rings. The number of hydrogen-bond donors (Lipinski definition) is 2. The minimum atomic E-state index is -0.775. The quantitative estimate of drug-likeness (QED) is 0.797. The number of nitrogens with one attached hydrogen (secondary N) is 1. The van der Waals surface area contributed by atoms with Crippen LogP contribution in [-0.2, 0) is 11.8 Å². The predicted octanol–water partition coefficient (Wildman–Crippen LogP) is 0.403. The average Bonchev–Trinajstić information content (AvgIpc) is 2.86. The van der Waals surface area contributed by atoms with Crippen LogP contribution in [0.15, 0.2) is 12.4 Å². The lowest BCUT2D eigenvalue weighted by Crippen LogP contribution is -2.33. The molecular formula is C11H15N3O3. The molecule has 0 radical (unpaired) electrons. The van der Waals surface area contributed by atoms with E-state index in [4.69, 9.17) is 5.11 Å². The Hall–Kier alpha value is -1.85. The SMILES string of the molecule is Cn1cc(C(=O)N[C@@H]2CC[C@H](C(=O)O)C2)cn1. The van der Waals surface area contributed by atoms with Gasteiger partial charge in [-0.1, -0.05) is 0 Å². The zero-order valence-electron chi connectivity index (χ0n) is 9.59. The summed E-state index contributed by atoms with van der Waals surface area (Å²) in [5.41, 5.74) is 0.506. The third kappa shape index (κ3) is 2.64. The predicted molar refractivity (Wildman–Crippen MR) is 59.4 cm³/mol. The van der Waals surface area contributed by atoms with Gasteiger partial charge in [-0.15, -0.1) is 0 Å². The summed E-state index contributed by atoms with van der Waals surface area (Å²) in [5.74, 6) is -1.29. The summed E-state index contributed by atoms with van der Waals surface area (Å²) in [5, 5.41) is 15.6. The minimum Gasteiger partial charge on any atom is -0.481 e. The summed E-state index contributed by atoms with van der Waals surface area (Å²) < 4.78 is 1.56. The van der Waals surface area contributed by atoms with Gasteiger partial charge in [0, 0.05) is 19.3 Å². The number of rotatable bonds is 3. The molecule has 1 amide bonds. The number of hydrogen-bond acceptors (Lipinski definition) is 3. The Balaban J connectivity index is 1.90. The van der Waals surface area contributed by atoms with E-state index in [9.17, 15) is 9.59 Å². The molecule has 2 N–H and O–H groups in total. The maximum Gasteiger partial charge on any atom is 0.306 e. The van der Waals surface area contributed by atoms with Gasteiger partial charge in [0.25, 0.3) is 5.91 Å². The van der Waals surface area contributed by atoms with Crippen LogP contribution in [0, 0.1) is 5.92 Å². The molecule has 0 unspecified atom stereocenters. The third-order valence-corrected chi connectivity index (χ3v) is 3.08. The first kappa shape index (κ1) is 11.6. The largest absolute Gasteiger partial charge is 0.481 e. The molecule has 1 aliphatic rings. The highest BCUT2D eigenvalue weighted by Gasteiger charge is 2.30. The van der Waals surface area contributed by atoms with Gasteiger partial charge in [0.1, 0.15) is 0 Å². The lowest BCUT2D eigenvalue weighted by atomic mass is 10.1. The molecule has 6 nitrogen and oxygen atoms in total. The highest BCUT2D eigenvalue weighted by Crippen LogP contribution is 2.25. The number of carboxylic acids is 1. The molecule has 0 bridgehead atoms. The summed E-state index contributed by atoms with van der Waals surface area (Å²) in [6.45, 7) is 0. The Bertz CT molecular complexity index is 441. The van der Waals surface area contributed by atoms with Gasteiger partial charge in [-0.3, -0.25) is 14.3 Å². The summed E-state index contributed by atoms with van der Waals surface area (Å²) in [6, 6.07) is -0.0381. The Morgan fingerprint density at radius 1 is 1.53 bits per heavy atom. The van der Waals surface area contributed by atoms with Crippen LogP contribution in [0.2, 0.25) is 0 Å². The molecule has 1 saturated carbocycles. The topological polar surface area (TPSA) is 84.2 Å². The zero-order chi connectivity index (χ0) is 12.4. The number of aryl methyl sites for hydroxylation is 1. The van der Waals surface area contributed by atoms with E-state index in [0.717, 1.165) is 6.42 Å². The van der Waals surface area contributed by atoms with E-state index >= 15 is 0 Å². The Morgan fingerprint density at radius 2 is 2.29 bits per heavy atom. The van der Waals surface area contributed by atoms with Gasteiger partial charge in [-0.05, 0) is 19.3 Å². The van der Waals surface area contributed by atoms with Crippen molar-refractivity contribution in [3.8, 4) is 0 Å². The van der Waals surface area contributed by atoms with E-state index in [2.05, 4.69) is 10.4 Å². The first-order valence-corrected chi connectivity index (χ1v) is 5.58. The maximum atomic E-state index is 11.8. The van der Waals surface area contributed by atoms with Gasteiger partial charge in [0.05, 0.1) is 17.7 Å². The molecule has 2 rings (SSSR count). The van der Waals surface area contributed by atoms with Crippen molar-refractivity contribution in [2.45, 2.75) is 25.3 Å². The summed E-state index contributed by atoms with van der Waals surface area (Å²) in [7, 11) is 1.74.